The molecule has 0 radical (unpaired) electrons. The minimum absolute atomic E-state index is 0.266. The molecule has 0 fully saturated rings. The van der Waals surface area contributed by atoms with E-state index in [1.807, 2.05) is 6.92 Å². The molecule has 1 atom stereocenters. The van der Waals surface area contributed by atoms with E-state index < -0.39 is 6.29 Å². The normalized spacial score (nSPS) is 12.6. The molecule has 0 aromatic rings. The number of aliphatic hydroxyl groups excluding tert-OH is 1. The van der Waals surface area contributed by atoms with Crippen molar-refractivity contribution in [3.05, 3.63) is 0 Å². The molecule has 0 aromatic heterocycles. The number of aliphatic hydroxyl groups is 1. The molecule has 0 heterocycles. The monoisotopic (exact) mass is 763 g/mol. The predicted octanol–water partition coefficient (Wildman–Crippen LogP) is 18.9. The third kappa shape index (κ3) is 41.6. The summed E-state index contributed by atoms with van der Waals surface area (Å²) in [6, 6.07) is 0. The Hall–Kier alpha value is -0.0800. The van der Waals surface area contributed by atoms with Gasteiger partial charge in [-0.05, 0) is 31.6 Å². The molecule has 326 valence electrons. The molecule has 0 aromatic carbocycles. The highest BCUT2D eigenvalue weighted by Crippen LogP contribution is 2.38. The van der Waals surface area contributed by atoms with Gasteiger partial charge in [0.1, 0.15) is 0 Å². The lowest BCUT2D eigenvalue weighted by molar-refractivity contribution is -0.119. The van der Waals surface area contributed by atoms with Gasteiger partial charge in [0, 0.05) is 0 Å². The van der Waals surface area contributed by atoms with E-state index in [0.29, 0.717) is 0 Å². The fraction of sp³-hybridized carbons (Fsp3) is 1.00. The van der Waals surface area contributed by atoms with Crippen LogP contribution in [0.15, 0.2) is 0 Å². The molecule has 0 spiro atoms. The van der Waals surface area contributed by atoms with Crippen molar-refractivity contribution in [1.82, 2.24) is 0 Å². The summed E-state index contributed by atoms with van der Waals surface area (Å²) >= 11 is 0. The maximum atomic E-state index is 10.2. The topological polar surface area (TPSA) is 29.5 Å². The molecule has 0 bridgehead atoms. The van der Waals surface area contributed by atoms with Crippen LogP contribution in [0.4, 0.5) is 0 Å². The number of rotatable bonds is 48. The molecular weight excluding hydrogens is 657 g/mol. The van der Waals surface area contributed by atoms with Gasteiger partial charge in [0.25, 0.3) is 0 Å². The summed E-state index contributed by atoms with van der Waals surface area (Å²) < 4.78 is 6.07. The summed E-state index contributed by atoms with van der Waals surface area (Å²) in [7, 11) is 0. The van der Waals surface area contributed by atoms with E-state index in [1.165, 1.54) is 289 Å². The highest BCUT2D eigenvalue weighted by atomic mass is 16.6. The van der Waals surface area contributed by atoms with Crippen LogP contribution in [0, 0.1) is 5.41 Å². The molecule has 54 heavy (non-hydrogen) atoms. The van der Waals surface area contributed by atoms with Crippen LogP contribution >= 0.6 is 0 Å². The van der Waals surface area contributed by atoms with Crippen molar-refractivity contribution >= 4 is 0 Å². The van der Waals surface area contributed by atoms with Crippen LogP contribution in [0.5, 0.6) is 0 Å². The van der Waals surface area contributed by atoms with Gasteiger partial charge in [-0.2, -0.15) is 0 Å². The first-order valence-electron chi connectivity index (χ1n) is 25.9. The third-order valence-corrected chi connectivity index (χ3v) is 12.8. The van der Waals surface area contributed by atoms with Crippen LogP contribution in [0.25, 0.3) is 0 Å². The van der Waals surface area contributed by atoms with Gasteiger partial charge in [-0.25, -0.2) is 0 Å². The second kappa shape index (κ2) is 45.6. The SMILES string of the molecule is CCCCCCCCCCCCCCCCC(CCCCCCCCCCCCCCCC)(CCCCCCCCCCCCCCCC)COC(C)O. The Balaban J connectivity index is 4.53. The molecule has 0 rings (SSSR count). The number of hydrogen-bond acceptors (Lipinski definition) is 2. The first kappa shape index (κ1) is 53.9. The van der Waals surface area contributed by atoms with Crippen molar-refractivity contribution in [2.75, 3.05) is 6.61 Å². The van der Waals surface area contributed by atoms with Crippen molar-refractivity contribution in [3.63, 3.8) is 0 Å². The first-order valence-corrected chi connectivity index (χ1v) is 25.9. The smallest absolute Gasteiger partial charge is 0.151 e. The van der Waals surface area contributed by atoms with Gasteiger partial charge >= 0.3 is 0 Å². The Morgan fingerprint density at radius 1 is 0.296 bits per heavy atom. The standard InChI is InChI=1S/C52H106O2/c1-5-8-11-14-17-20-23-26-29-32-35-38-41-44-47-52(50-54-51(4)53,48-45-42-39-36-33-30-27-24-21-18-15-12-9-6-2)49-46-43-40-37-34-31-28-25-22-19-16-13-10-7-3/h51,53H,5-50H2,1-4H3. The van der Waals surface area contributed by atoms with Gasteiger partial charge < -0.3 is 9.84 Å². The van der Waals surface area contributed by atoms with Crippen LogP contribution in [0.1, 0.15) is 317 Å². The average Bonchev–Trinajstić information content (AvgIpc) is 3.17. The van der Waals surface area contributed by atoms with E-state index in [9.17, 15) is 5.11 Å². The summed E-state index contributed by atoms with van der Waals surface area (Å²) in [5.74, 6) is 0. The van der Waals surface area contributed by atoms with Crippen molar-refractivity contribution in [2.24, 2.45) is 5.41 Å². The predicted molar refractivity (Wildman–Crippen MR) is 245 cm³/mol. The van der Waals surface area contributed by atoms with Crippen LogP contribution in [0.2, 0.25) is 0 Å². The van der Waals surface area contributed by atoms with Crippen LogP contribution in [-0.4, -0.2) is 18.0 Å². The van der Waals surface area contributed by atoms with E-state index >= 15 is 0 Å². The van der Waals surface area contributed by atoms with Crippen LogP contribution in [-0.2, 0) is 4.74 Å². The van der Waals surface area contributed by atoms with E-state index in [0.717, 1.165) is 6.61 Å². The zero-order valence-corrected chi connectivity index (χ0v) is 38.5. The summed E-state index contributed by atoms with van der Waals surface area (Å²) in [6.45, 7) is 9.51. The quantitative estimate of drug-likeness (QED) is 0.0494. The van der Waals surface area contributed by atoms with Crippen LogP contribution < -0.4 is 0 Å². The van der Waals surface area contributed by atoms with Gasteiger partial charge in [-0.15, -0.1) is 0 Å². The highest BCUT2D eigenvalue weighted by Gasteiger charge is 2.29. The zero-order valence-electron chi connectivity index (χ0n) is 38.5. The Labute approximate surface area is 343 Å². The average molecular weight is 763 g/mol. The molecule has 0 amide bonds. The lowest BCUT2D eigenvalue weighted by Gasteiger charge is -2.35. The van der Waals surface area contributed by atoms with Gasteiger partial charge in [0.05, 0.1) is 6.61 Å². The third-order valence-electron chi connectivity index (χ3n) is 12.8. The maximum Gasteiger partial charge on any atom is 0.151 e. The van der Waals surface area contributed by atoms with Gasteiger partial charge in [0.2, 0.25) is 0 Å². The Kier molecular flexibility index (Phi) is 45.6. The van der Waals surface area contributed by atoms with E-state index in [-0.39, 0.29) is 5.41 Å². The molecule has 1 N–H and O–H groups in total. The minimum atomic E-state index is -0.645. The van der Waals surface area contributed by atoms with Gasteiger partial charge in [-0.1, -0.05) is 290 Å². The molecule has 2 nitrogen and oxygen atoms in total. The molecule has 0 saturated carbocycles. The second-order valence-corrected chi connectivity index (χ2v) is 18.4. The first-order chi connectivity index (χ1) is 26.6. The fourth-order valence-electron chi connectivity index (χ4n) is 8.97. The molecule has 0 aliphatic heterocycles. The van der Waals surface area contributed by atoms with Crippen molar-refractivity contribution in [2.45, 2.75) is 323 Å². The fourth-order valence-corrected chi connectivity index (χ4v) is 8.97. The van der Waals surface area contributed by atoms with Crippen molar-refractivity contribution in [1.29, 1.82) is 0 Å². The summed E-state index contributed by atoms with van der Waals surface area (Å²) in [4.78, 5) is 0. The Bertz CT molecular complexity index is 580. The molecule has 1 unspecified atom stereocenters. The highest BCUT2D eigenvalue weighted by molar-refractivity contribution is 4.80. The summed E-state index contributed by atoms with van der Waals surface area (Å²) in [5.41, 5.74) is 0.266. The second-order valence-electron chi connectivity index (χ2n) is 18.4. The molecule has 0 saturated heterocycles. The lowest BCUT2D eigenvalue weighted by Crippen LogP contribution is -2.29. The van der Waals surface area contributed by atoms with E-state index in [4.69, 9.17) is 4.74 Å². The van der Waals surface area contributed by atoms with Crippen molar-refractivity contribution < 1.29 is 9.84 Å². The van der Waals surface area contributed by atoms with Gasteiger partial charge in [-0.3, -0.25) is 0 Å². The number of unbranched alkanes of at least 4 members (excludes halogenated alkanes) is 39. The molecular formula is C52H106O2. The molecule has 2 heteroatoms. The number of hydrogen-bond donors (Lipinski definition) is 1. The Morgan fingerprint density at radius 3 is 0.630 bits per heavy atom. The largest absolute Gasteiger partial charge is 0.368 e. The van der Waals surface area contributed by atoms with Crippen molar-refractivity contribution in [3.8, 4) is 0 Å². The summed E-state index contributed by atoms with van der Waals surface area (Å²) in [5, 5.41) is 10.2. The minimum Gasteiger partial charge on any atom is -0.368 e. The number of ether oxygens (including phenoxy) is 1. The van der Waals surface area contributed by atoms with E-state index in [2.05, 4.69) is 20.8 Å². The molecule has 0 aliphatic rings. The molecule has 0 aliphatic carbocycles. The summed E-state index contributed by atoms with van der Waals surface area (Å²) in [6.07, 6.45) is 63.1. The van der Waals surface area contributed by atoms with Crippen LogP contribution in [0.3, 0.4) is 0 Å². The van der Waals surface area contributed by atoms with E-state index in [1.54, 1.807) is 0 Å². The maximum absolute atomic E-state index is 10.2. The zero-order chi connectivity index (χ0) is 39.3. The lowest BCUT2D eigenvalue weighted by atomic mass is 9.74. The Morgan fingerprint density at radius 2 is 0.463 bits per heavy atom. The van der Waals surface area contributed by atoms with Gasteiger partial charge in [0.15, 0.2) is 6.29 Å².